The van der Waals surface area contributed by atoms with Gasteiger partial charge >= 0.3 is 5.97 Å². The zero-order valence-electron chi connectivity index (χ0n) is 19.8. The van der Waals surface area contributed by atoms with Gasteiger partial charge in [-0.25, -0.2) is 0 Å². The number of benzene rings is 1. The molecule has 1 unspecified atom stereocenters. The molecular weight excluding hydrogens is 414 g/mol. The van der Waals surface area contributed by atoms with Crippen LogP contribution in [0, 0.1) is 0 Å². The Morgan fingerprint density at radius 1 is 1.23 bits per heavy atom. The number of hydroxylamine groups is 2. The predicted molar refractivity (Wildman–Crippen MR) is 119 cm³/mol. The largest absolute Gasteiger partial charge is 0.434 e. The molecule has 2 aliphatic rings. The molecule has 1 aromatic carbocycles. The molecule has 0 N–H and O–H groups in total. The van der Waals surface area contributed by atoms with E-state index in [0.717, 1.165) is 5.56 Å². The molecule has 2 aliphatic heterocycles. The maximum absolute atomic E-state index is 11.6. The monoisotopic (exact) mass is 451 g/mol. The van der Waals surface area contributed by atoms with Gasteiger partial charge in [0.05, 0.1) is 18.8 Å². The number of hydrogen-bond donors (Lipinski definition) is 0. The number of hydrogen-bond acceptors (Lipinski definition) is 7. The van der Waals surface area contributed by atoms with Crippen LogP contribution in [0.15, 0.2) is 30.3 Å². The summed E-state index contributed by atoms with van der Waals surface area (Å²) in [6.07, 6.45) is -0.944. The first kappa shape index (κ1) is 24.4. The smallest absolute Gasteiger partial charge is 0.304 e. The predicted octanol–water partition coefficient (Wildman–Crippen LogP) is 4.23. The van der Waals surface area contributed by atoms with Crippen LogP contribution in [0.25, 0.3) is 0 Å². The van der Waals surface area contributed by atoms with E-state index in [1.807, 2.05) is 30.2 Å². The van der Waals surface area contributed by atoms with Gasteiger partial charge in [-0.3, -0.25) is 9.63 Å². The van der Waals surface area contributed by atoms with Gasteiger partial charge in [0.1, 0.15) is 6.10 Å². The average molecular weight is 452 g/mol. The van der Waals surface area contributed by atoms with Gasteiger partial charge in [-0.1, -0.05) is 51.1 Å². The first-order valence-corrected chi connectivity index (χ1v) is 14.0. The van der Waals surface area contributed by atoms with Crippen LogP contribution in [0.2, 0.25) is 18.1 Å². The number of carbonyl (C=O) groups is 1. The van der Waals surface area contributed by atoms with E-state index in [-0.39, 0.29) is 35.5 Å². The Hall–Kier alpha value is -1.29. The van der Waals surface area contributed by atoms with Gasteiger partial charge in [0.2, 0.25) is 6.29 Å². The molecule has 7 nitrogen and oxygen atoms in total. The summed E-state index contributed by atoms with van der Waals surface area (Å²) in [6.45, 7) is 15.4. The van der Waals surface area contributed by atoms with Gasteiger partial charge < -0.3 is 18.6 Å². The molecular formula is C23H37NO6Si. The second-order valence-corrected chi connectivity index (χ2v) is 14.7. The molecule has 1 aromatic rings. The van der Waals surface area contributed by atoms with E-state index < -0.39 is 14.6 Å². The third-order valence-corrected chi connectivity index (χ3v) is 10.9. The van der Waals surface area contributed by atoms with Crippen LogP contribution in [0.1, 0.15) is 46.6 Å². The number of ether oxygens (including phenoxy) is 3. The molecule has 0 aromatic heterocycles. The van der Waals surface area contributed by atoms with Crippen molar-refractivity contribution in [3.8, 4) is 0 Å². The standard InChI is InChI=1S/C23H37NO6Si/c1-16(25)27-21-13-19(24(29-21)14-18-11-9-8-10-12-18)22-20(15-26-17(2)28-22)30-31(6,7)23(3,4)5/h8-12,17,19-22H,13-15H2,1-7H3/t17-,19?,20+,21+,22+/m0/s1. The van der Waals surface area contributed by atoms with Gasteiger partial charge in [0.15, 0.2) is 14.6 Å². The fourth-order valence-corrected chi connectivity index (χ4v) is 5.04. The van der Waals surface area contributed by atoms with Crippen molar-refractivity contribution in [3.63, 3.8) is 0 Å². The highest BCUT2D eigenvalue weighted by atomic mass is 28.4. The van der Waals surface area contributed by atoms with Crippen LogP contribution in [0.5, 0.6) is 0 Å². The summed E-state index contributed by atoms with van der Waals surface area (Å²) >= 11 is 0. The summed E-state index contributed by atoms with van der Waals surface area (Å²) in [5.74, 6) is -0.361. The minimum Gasteiger partial charge on any atom is -0.434 e. The van der Waals surface area contributed by atoms with Crippen molar-refractivity contribution in [2.45, 2.75) is 96.5 Å². The fraction of sp³-hybridized carbons (Fsp3) is 0.696. The fourth-order valence-electron chi connectivity index (χ4n) is 3.73. The Labute approximate surface area is 187 Å². The molecule has 31 heavy (non-hydrogen) atoms. The summed E-state index contributed by atoms with van der Waals surface area (Å²) < 4.78 is 24.2. The quantitative estimate of drug-likeness (QED) is 0.473. The molecule has 174 valence electrons. The Bertz CT molecular complexity index is 737. The van der Waals surface area contributed by atoms with Gasteiger partial charge in [0, 0.05) is 19.9 Å². The van der Waals surface area contributed by atoms with E-state index in [2.05, 4.69) is 46.0 Å². The maximum Gasteiger partial charge on any atom is 0.304 e. The van der Waals surface area contributed by atoms with Crippen LogP contribution in [0.4, 0.5) is 0 Å². The van der Waals surface area contributed by atoms with Crippen molar-refractivity contribution in [3.05, 3.63) is 35.9 Å². The first-order valence-electron chi connectivity index (χ1n) is 11.1. The lowest BCUT2D eigenvalue weighted by atomic mass is 10.0. The number of carbonyl (C=O) groups excluding carboxylic acids is 1. The van der Waals surface area contributed by atoms with Crippen molar-refractivity contribution in [2.24, 2.45) is 0 Å². The van der Waals surface area contributed by atoms with Crippen molar-refractivity contribution in [2.75, 3.05) is 6.61 Å². The molecule has 2 heterocycles. The number of rotatable bonds is 6. The summed E-state index contributed by atoms with van der Waals surface area (Å²) in [4.78, 5) is 17.6. The molecule has 0 saturated carbocycles. The van der Waals surface area contributed by atoms with Crippen LogP contribution < -0.4 is 0 Å². The molecule has 5 atom stereocenters. The van der Waals surface area contributed by atoms with E-state index in [1.54, 1.807) is 0 Å². The molecule has 2 saturated heterocycles. The Morgan fingerprint density at radius 3 is 2.52 bits per heavy atom. The van der Waals surface area contributed by atoms with E-state index in [4.69, 9.17) is 23.5 Å². The maximum atomic E-state index is 11.6. The van der Waals surface area contributed by atoms with E-state index in [9.17, 15) is 4.79 Å². The number of esters is 1. The summed E-state index contributed by atoms with van der Waals surface area (Å²) in [7, 11) is -2.05. The molecule has 3 rings (SSSR count). The summed E-state index contributed by atoms with van der Waals surface area (Å²) in [6, 6.07) is 9.96. The van der Waals surface area contributed by atoms with Crippen molar-refractivity contribution >= 4 is 14.3 Å². The van der Waals surface area contributed by atoms with Crippen LogP contribution in [-0.4, -0.2) is 56.8 Å². The summed E-state index contributed by atoms with van der Waals surface area (Å²) in [5.41, 5.74) is 1.11. The van der Waals surface area contributed by atoms with Gasteiger partial charge in [-0.15, -0.1) is 0 Å². The minimum atomic E-state index is -2.05. The van der Waals surface area contributed by atoms with Crippen LogP contribution >= 0.6 is 0 Å². The molecule has 0 amide bonds. The Morgan fingerprint density at radius 2 is 1.90 bits per heavy atom. The second-order valence-electron chi connectivity index (χ2n) is 9.93. The molecule has 0 spiro atoms. The minimum absolute atomic E-state index is 0.0663. The van der Waals surface area contributed by atoms with E-state index >= 15 is 0 Å². The molecule has 0 aliphatic carbocycles. The highest BCUT2D eigenvalue weighted by Crippen LogP contribution is 2.40. The Kier molecular flexibility index (Phi) is 7.61. The SMILES string of the molecule is CC(=O)O[C@H]1CC([C@H]2O[C@@H](C)OC[C@H]2O[Si](C)(C)C(C)(C)C)N(Cc2ccccc2)O1. The lowest BCUT2D eigenvalue weighted by Crippen LogP contribution is -2.57. The first-order chi connectivity index (χ1) is 14.5. The van der Waals surface area contributed by atoms with Crippen LogP contribution in [0.3, 0.4) is 0 Å². The van der Waals surface area contributed by atoms with Gasteiger partial charge in [-0.05, 0) is 30.6 Å². The van der Waals surface area contributed by atoms with Gasteiger partial charge in [-0.2, -0.15) is 5.06 Å². The lowest BCUT2D eigenvalue weighted by molar-refractivity contribution is -0.281. The molecule has 0 radical (unpaired) electrons. The second kappa shape index (κ2) is 9.68. The van der Waals surface area contributed by atoms with Crippen LogP contribution in [-0.2, 0) is 34.8 Å². The molecule has 0 bridgehead atoms. The zero-order valence-corrected chi connectivity index (χ0v) is 20.8. The lowest BCUT2D eigenvalue weighted by Gasteiger charge is -2.45. The van der Waals surface area contributed by atoms with Crippen molar-refractivity contribution in [1.29, 1.82) is 0 Å². The van der Waals surface area contributed by atoms with Crippen molar-refractivity contribution in [1.82, 2.24) is 5.06 Å². The van der Waals surface area contributed by atoms with E-state index in [1.165, 1.54) is 6.92 Å². The van der Waals surface area contributed by atoms with E-state index in [0.29, 0.717) is 19.6 Å². The normalized spacial score (nSPS) is 30.4. The summed E-state index contributed by atoms with van der Waals surface area (Å²) in [5, 5.41) is 1.95. The number of nitrogens with zero attached hydrogens (tertiary/aromatic N) is 1. The third-order valence-electron chi connectivity index (χ3n) is 6.38. The zero-order chi connectivity index (χ0) is 22.8. The third kappa shape index (κ3) is 6.15. The Balaban J connectivity index is 1.84. The van der Waals surface area contributed by atoms with Gasteiger partial charge in [0.25, 0.3) is 0 Å². The molecule has 2 fully saturated rings. The van der Waals surface area contributed by atoms with Crippen molar-refractivity contribution < 1.29 is 28.3 Å². The average Bonchev–Trinajstić information content (AvgIpc) is 3.04. The molecule has 8 heteroatoms. The topological polar surface area (TPSA) is 66.5 Å². The highest BCUT2D eigenvalue weighted by molar-refractivity contribution is 6.74. The highest BCUT2D eigenvalue weighted by Gasteiger charge is 2.49.